The lowest BCUT2D eigenvalue weighted by molar-refractivity contribution is -0.144. The van der Waals surface area contributed by atoms with Crippen LogP contribution in [0.25, 0.3) is 11.3 Å². The van der Waals surface area contributed by atoms with Crippen LogP contribution in [0.2, 0.25) is 0 Å². The van der Waals surface area contributed by atoms with E-state index in [9.17, 15) is 27.2 Å². The van der Waals surface area contributed by atoms with Gasteiger partial charge in [0.2, 0.25) is 11.8 Å². The van der Waals surface area contributed by atoms with Crippen LogP contribution in [0.5, 0.6) is 0 Å². The van der Waals surface area contributed by atoms with Gasteiger partial charge < -0.3 is 14.6 Å². The second-order valence-corrected chi connectivity index (χ2v) is 6.82. The van der Waals surface area contributed by atoms with Gasteiger partial charge in [-0.15, -0.1) is 0 Å². The van der Waals surface area contributed by atoms with Crippen molar-refractivity contribution in [1.82, 2.24) is 10.2 Å². The number of halogens is 4. The number of alkyl halides is 3. The summed E-state index contributed by atoms with van der Waals surface area (Å²) in [6.07, 6.45) is -3.35. The molecule has 1 fully saturated rings. The van der Waals surface area contributed by atoms with Crippen molar-refractivity contribution in [3.63, 3.8) is 0 Å². The fourth-order valence-corrected chi connectivity index (χ4v) is 3.33. The molecule has 0 aliphatic carbocycles. The zero-order valence-electron chi connectivity index (χ0n) is 15.5. The quantitative estimate of drug-likeness (QED) is 0.737. The van der Waals surface area contributed by atoms with Gasteiger partial charge >= 0.3 is 6.18 Å². The van der Waals surface area contributed by atoms with Crippen LogP contribution < -0.4 is 5.32 Å². The summed E-state index contributed by atoms with van der Waals surface area (Å²) in [5, 5.41) is 1.84. The molecule has 3 rings (SSSR count). The van der Waals surface area contributed by atoms with E-state index in [0.29, 0.717) is 36.5 Å². The molecule has 0 saturated carbocycles. The largest absolute Gasteiger partial charge is 0.461 e. The summed E-state index contributed by atoms with van der Waals surface area (Å²) in [5.74, 6) is -0.731. The van der Waals surface area contributed by atoms with Crippen molar-refractivity contribution in [3.05, 3.63) is 48.0 Å². The Morgan fingerprint density at radius 1 is 1.17 bits per heavy atom. The van der Waals surface area contributed by atoms with Crippen LogP contribution in [0.4, 0.5) is 17.6 Å². The van der Waals surface area contributed by atoms with E-state index in [1.165, 1.54) is 11.0 Å². The first-order valence-electron chi connectivity index (χ1n) is 9.22. The first-order valence-corrected chi connectivity index (χ1v) is 9.22. The SMILES string of the molecule is O=C(NCC(F)(F)F)C1CCCN1C(=O)CCc1ccc(-c2ccccc2F)o1. The average Bonchev–Trinajstić information content (AvgIpc) is 3.33. The van der Waals surface area contributed by atoms with Gasteiger partial charge in [-0.2, -0.15) is 13.2 Å². The maximum atomic E-state index is 13.8. The van der Waals surface area contributed by atoms with Crippen LogP contribution in [-0.4, -0.2) is 42.0 Å². The maximum Gasteiger partial charge on any atom is 0.405 e. The zero-order chi connectivity index (χ0) is 21.0. The Kier molecular flexibility index (Phi) is 6.24. The topological polar surface area (TPSA) is 62.6 Å². The zero-order valence-corrected chi connectivity index (χ0v) is 15.5. The summed E-state index contributed by atoms with van der Waals surface area (Å²) >= 11 is 0. The van der Waals surface area contributed by atoms with Crippen molar-refractivity contribution in [1.29, 1.82) is 0 Å². The van der Waals surface area contributed by atoms with Gasteiger partial charge in [-0.25, -0.2) is 4.39 Å². The van der Waals surface area contributed by atoms with Gasteiger partial charge in [0.15, 0.2) is 0 Å². The summed E-state index contributed by atoms with van der Waals surface area (Å²) in [7, 11) is 0. The number of hydrogen-bond donors (Lipinski definition) is 1. The Morgan fingerprint density at radius 3 is 2.66 bits per heavy atom. The number of aryl methyl sites for hydroxylation is 1. The molecule has 156 valence electrons. The molecule has 9 heteroatoms. The van der Waals surface area contributed by atoms with E-state index < -0.39 is 30.5 Å². The van der Waals surface area contributed by atoms with Crippen LogP contribution >= 0.6 is 0 Å². The fraction of sp³-hybridized carbons (Fsp3) is 0.400. The van der Waals surface area contributed by atoms with E-state index in [-0.39, 0.29) is 18.7 Å². The van der Waals surface area contributed by atoms with E-state index in [0.717, 1.165) is 0 Å². The van der Waals surface area contributed by atoms with Crippen LogP contribution in [0.1, 0.15) is 25.0 Å². The summed E-state index contributed by atoms with van der Waals surface area (Å²) in [4.78, 5) is 25.8. The molecule has 1 aliphatic heterocycles. The molecule has 1 aromatic carbocycles. The third kappa shape index (κ3) is 5.36. The third-order valence-electron chi connectivity index (χ3n) is 4.73. The number of furan rings is 1. The molecule has 1 saturated heterocycles. The van der Waals surface area contributed by atoms with Crippen molar-refractivity contribution >= 4 is 11.8 Å². The lowest BCUT2D eigenvalue weighted by Gasteiger charge is -2.24. The summed E-state index contributed by atoms with van der Waals surface area (Å²) in [6, 6.07) is 8.51. The predicted molar refractivity (Wildman–Crippen MR) is 96.2 cm³/mol. The van der Waals surface area contributed by atoms with Crippen molar-refractivity contribution in [2.75, 3.05) is 13.1 Å². The Balaban J connectivity index is 1.56. The Hall–Kier alpha value is -2.84. The minimum Gasteiger partial charge on any atom is -0.461 e. The smallest absolute Gasteiger partial charge is 0.405 e. The first kappa shape index (κ1) is 20.9. The van der Waals surface area contributed by atoms with Crippen molar-refractivity contribution < 1.29 is 31.6 Å². The Labute approximate surface area is 164 Å². The molecular formula is C20H20F4N2O3. The molecule has 1 unspecified atom stereocenters. The number of carbonyl (C=O) groups excluding carboxylic acids is 2. The molecule has 29 heavy (non-hydrogen) atoms. The molecule has 0 spiro atoms. The summed E-state index contributed by atoms with van der Waals surface area (Å²) in [5.41, 5.74) is 0.311. The third-order valence-corrected chi connectivity index (χ3v) is 4.73. The van der Waals surface area contributed by atoms with E-state index in [1.54, 1.807) is 30.3 Å². The number of benzene rings is 1. The van der Waals surface area contributed by atoms with E-state index in [1.807, 2.05) is 5.32 Å². The number of carbonyl (C=O) groups is 2. The van der Waals surface area contributed by atoms with Gasteiger partial charge in [0.05, 0.1) is 5.56 Å². The second kappa shape index (κ2) is 8.67. The number of likely N-dealkylation sites (tertiary alicyclic amines) is 1. The van der Waals surface area contributed by atoms with E-state index in [4.69, 9.17) is 4.42 Å². The molecule has 1 N–H and O–H groups in total. The molecule has 1 atom stereocenters. The van der Waals surface area contributed by atoms with Gasteiger partial charge in [0.25, 0.3) is 0 Å². The molecular weight excluding hydrogens is 392 g/mol. The second-order valence-electron chi connectivity index (χ2n) is 6.82. The molecule has 2 amide bonds. The molecule has 2 aromatic rings. The number of nitrogens with zero attached hydrogens (tertiary/aromatic N) is 1. The van der Waals surface area contributed by atoms with E-state index >= 15 is 0 Å². The molecule has 1 aromatic heterocycles. The highest BCUT2D eigenvalue weighted by molar-refractivity contribution is 5.88. The molecule has 0 radical (unpaired) electrons. The standard InChI is InChI=1S/C20H20F4N2O3/c21-15-5-2-1-4-14(15)17-9-7-13(29-17)8-10-18(27)26-11-3-6-16(26)19(28)25-12-20(22,23)24/h1-2,4-5,7,9,16H,3,6,8,10-12H2,(H,25,28). The first-order chi connectivity index (χ1) is 13.7. The fourth-order valence-electron chi connectivity index (χ4n) is 3.33. The predicted octanol–water partition coefficient (Wildman–Crippen LogP) is 3.69. The number of nitrogens with one attached hydrogen (secondary N) is 1. The van der Waals surface area contributed by atoms with Crippen LogP contribution in [0.3, 0.4) is 0 Å². The number of amides is 2. The van der Waals surface area contributed by atoms with Crippen molar-refractivity contribution in [2.45, 2.75) is 37.9 Å². The minimum absolute atomic E-state index is 0.0350. The van der Waals surface area contributed by atoms with Crippen molar-refractivity contribution in [3.8, 4) is 11.3 Å². The molecule has 0 bridgehead atoms. The maximum absolute atomic E-state index is 13.8. The molecule has 2 heterocycles. The van der Waals surface area contributed by atoms with Crippen LogP contribution in [-0.2, 0) is 16.0 Å². The highest BCUT2D eigenvalue weighted by Crippen LogP contribution is 2.26. The summed E-state index contributed by atoms with van der Waals surface area (Å²) in [6.45, 7) is -1.10. The van der Waals surface area contributed by atoms with Gasteiger partial charge in [0, 0.05) is 19.4 Å². The average molecular weight is 412 g/mol. The van der Waals surface area contributed by atoms with Crippen LogP contribution in [0, 0.1) is 5.82 Å². The monoisotopic (exact) mass is 412 g/mol. The number of hydrogen-bond acceptors (Lipinski definition) is 3. The lowest BCUT2D eigenvalue weighted by Crippen LogP contribution is -2.48. The Morgan fingerprint density at radius 2 is 1.93 bits per heavy atom. The normalized spacial score (nSPS) is 16.8. The van der Waals surface area contributed by atoms with Crippen molar-refractivity contribution in [2.24, 2.45) is 0 Å². The minimum atomic E-state index is -4.50. The van der Waals surface area contributed by atoms with Gasteiger partial charge in [-0.1, -0.05) is 12.1 Å². The Bertz CT molecular complexity index is 879. The van der Waals surface area contributed by atoms with Gasteiger partial charge in [-0.05, 0) is 37.1 Å². The highest BCUT2D eigenvalue weighted by atomic mass is 19.4. The molecule has 5 nitrogen and oxygen atoms in total. The summed E-state index contributed by atoms with van der Waals surface area (Å²) < 4.78 is 56.3. The van der Waals surface area contributed by atoms with Gasteiger partial charge in [0.1, 0.15) is 29.9 Å². The van der Waals surface area contributed by atoms with Crippen LogP contribution in [0.15, 0.2) is 40.8 Å². The van der Waals surface area contributed by atoms with Gasteiger partial charge in [-0.3, -0.25) is 9.59 Å². The van der Waals surface area contributed by atoms with E-state index in [2.05, 4.69) is 0 Å². The molecule has 1 aliphatic rings. The highest BCUT2D eigenvalue weighted by Gasteiger charge is 2.36. The number of rotatable bonds is 6. The lowest BCUT2D eigenvalue weighted by atomic mass is 10.1.